The number of amides is 1. The third-order valence-electron chi connectivity index (χ3n) is 4.44. The van der Waals surface area contributed by atoms with Crippen molar-refractivity contribution >= 4 is 17.5 Å². The first-order chi connectivity index (χ1) is 11.0. The van der Waals surface area contributed by atoms with Gasteiger partial charge in [-0.25, -0.2) is 0 Å². The summed E-state index contributed by atoms with van der Waals surface area (Å²) in [6.07, 6.45) is 3.07. The van der Waals surface area contributed by atoms with Gasteiger partial charge in [0.1, 0.15) is 5.60 Å². The summed E-state index contributed by atoms with van der Waals surface area (Å²) in [5.41, 5.74) is 2.51. The van der Waals surface area contributed by atoms with Crippen molar-refractivity contribution in [3.63, 3.8) is 0 Å². The molecule has 1 unspecified atom stereocenters. The summed E-state index contributed by atoms with van der Waals surface area (Å²) in [6, 6.07) is 13.0. The molecular formula is C19H20ClNO2. The van der Waals surface area contributed by atoms with Crippen molar-refractivity contribution in [2.75, 3.05) is 6.54 Å². The second-order valence-electron chi connectivity index (χ2n) is 6.23. The zero-order valence-corrected chi connectivity index (χ0v) is 13.9. The zero-order valence-electron chi connectivity index (χ0n) is 13.1. The topological polar surface area (TPSA) is 49.3 Å². The number of aliphatic hydroxyl groups is 1. The van der Waals surface area contributed by atoms with Crippen LogP contribution in [0.5, 0.6) is 0 Å². The lowest BCUT2D eigenvalue weighted by Gasteiger charge is -2.25. The summed E-state index contributed by atoms with van der Waals surface area (Å²) in [5.74, 6) is -0.143. The fourth-order valence-corrected chi connectivity index (χ4v) is 3.51. The van der Waals surface area contributed by atoms with Gasteiger partial charge in [-0.05, 0) is 49.4 Å². The van der Waals surface area contributed by atoms with Gasteiger partial charge < -0.3 is 10.4 Å². The average molecular weight is 330 g/mol. The molecule has 0 radical (unpaired) electrons. The van der Waals surface area contributed by atoms with Crippen LogP contribution in [0.3, 0.4) is 0 Å². The predicted octanol–water partition coefficient (Wildman–Crippen LogP) is 3.47. The molecule has 1 atom stereocenters. The van der Waals surface area contributed by atoms with Gasteiger partial charge in [-0.1, -0.05) is 41.9 Å². The van der Waals surface area contributed by atoms with Crippen molar-refractivity contribution in [3.8, 4) is 0 Å². The lowest BCUT2D eigenvalue weighted by molar-refractivity contribution is 0.0527. The molecule has 3 rings (SSSR count). The van der Waals surface area contributed by atoms with E-state index < -0.39 is 5.60 Å². The Labute approximate surface area is 141 Å². The molecule has 2 aromatic carbocycles. The van der Waals surface area contributed by atoms with Gasteiger partial charge in [0.25, 0.3) is 5.91 Å². The molecule has 0 bridgehead atoms. The number of hydrogen-bond donors (Lipinski definition) is 2. The Balaban J connectivity index is 1.75. The third-order valence-corrected chi connectivity index (χ3v) is 4.77. The maximum atomic E-state index is 12.5. The standard InChI is InChI=1S/C19H20ClNO2/c1-19(23,16-10-2-3-11-17(16)20)12-21-18(22)15-9-5-7-13-6-4-8-14(13)15/h2-3,5,7,9-11,23H,4,6,8,12H2,1H3,(H,21,22). The molecule has 1 amide bonds. The van der Waals surface area contributed by atoms with E-state index in [2.05, 4.69) is 11.4 Å². The second kappa shape index (κ2) is 6.34. The van der Waals surface area contributed by atoms with Crippen LogP contribution >= 0.6 is 11.6 Å². The molecule has 23 heavy (non-hydrogen) atoms. The monoisotopic (exact) mass is 329 g/mol. The van der Waals surface area contributed by atoms with E-state index >= 15 is 0 Å². The van der Waals surface area contributed by atoms with Crippen LogP contribution in [0.1, 0.15) is 40.4 Å². The lowest BCUT2D eigenvalue weighted by atomic mass is 9.95. The van der Waals surface area contributed by atoms with Crippen molar-refractivity contribution in [1.82, 2.24) is 5.32 Å². The molecule has 0 saturated carbocycles. The van der Waals surface area contributed by atoms with Gasteiger partial charge in [0, 0.05) is 16.1 Å². The van der Waals surface area contributed by atoms with Crippen LogP contribution < -0.4 is 5.32 Å². The number of hydrogen-bond acceptors (Lipinski definition) is 2. The first kappa shape index (κ1) is 16.0. The molecule has 1 aliphatic carbocycles. The molecule has 2 N–H and O–H groups in total. The number of nitrogens with one attached hydrogen (secondary N) is 1. The first-order valence-electron chi connectivity index (χ1n) is 7.85. The second-order valence-corrected chi connectivity index (χ2v) is 6.64. The molecule has 120 valence electrons. The van der Waals surface area contributed by atoms with Crippen LogP contribution in [0, 0.1) is 0 Å². The van der Waals surface area contributed by atoms with E-state index in [-0.39, 0.29) is 12.5 Å². The minimum Gasteiger partial charge on any atom is -0.384 e. The highest BCUT2D eigenvalue weighted by molar-refractivity contribution is 6.31. The van der Waals surface area contributed by atoms with E-state index in [0.29, 0.717) is 10.6 Å². The number of rotatable bonds is 4. The van der Waals surface area contributed by atoms with E-state index in [1.165, 1.54) is 5.56 Å². The molecule has 0 saturated heterocycles. The molecule has 3 nitrogen and oxygen atoms in total. The van der Waals surface area contributed by atoms with Gasteiger partial charge in [0.2, 0.25) is 0 Å². The van der Waals surface area contributed by atoms with Crippen molar-refractivity contribution in [3.05, 3.63) is 69.7 Å². The first-order valence-corrected chi connectivity index (χ1v) is 8.23. The molecule has 1 aliphatic rings. The smallest absolute Gasteiger partial charge is 0.251 e. The molecule has 0 aliphatic heterocycles. The van der Waals surface area contributed by atoms with Gasteiger partial charge in [-0.15, -0.1) is 0 Å². The third kappa shape index (κ3) is 3.26. The summed E-state index contributed by atoms with van der Waals surface area (Å²) in [7, 11) is 0. The van der Waals surface area contributed by atoms with Crippen molar-refractivity contribution in [2.24, 2.45) is 0 Å². The molecule has 0 spiro atoms. The summed E-state index contributed by atoms with van der Waals surface area (Å²) in [4.78, 5) is 12.5. The number of fused-ring (bicyclic) bond motifs is 1. The van der Waals surface area contributed by atoms with Crippen molar-refractivity contribution in [2.45, 2.75) is 31.8 Å². The number of benzene rings is 2. The highest BCUT2D eigenvalue weighted by Crippen LogP contribution is 2.28. The predicted molar refractivity (Wildman–Crippen MR) is 91.8 cm³/mol. The zero-order chi connectivity index (χ0) is 16.4. The Kier molecular flexibility index (Phi) is 4.42. The van der Waals surface area contributed by atoms with Crippen LogP contribution in [0.4, 0.5) is 0 Å². The highest BCUT2D eigenvalue weighted by atomic mass is 35.5. The molecule has 4 heteroatoms. The molecule has 0 aromatic heterocycles. The van der Waals surface area contributed by atoms with E-state index in [9.17, 15) is 9.90 Å². The summed E-state index contributed by atoms with van der Waals surface area (Å²) in [6.45, 7) is 1.77. The van der Waals surface area contributed by atoms with Gasteiger partial charge in [-0.2, -0.15) is 0 Å². The van der Waals surface area contributed by atoms with E-state index in [1.807, 2.05) is 24.3 Å². The minimum absolute atomic E-state index is 0.110. The Morgan fingerprint density at radius 2 is 2.00 bits per heavy atom. The molecule has 2 aromatic rings. The van der Waals surface area contributed by atoms with Crippen LogP contribution in [-0.2, 0) is 18.4 Å². The Morgan fingerprint density at radius 3 is 2.78 bits per heavy atom. The number of carbonyl (C=O) groups excluding carboxylic acids is 1. The molecule has 0 fully saturated rings. The normalized spacial score (nSPS) is 15.8. The van der Waals surface area contributed by atoms with Gasteiger partial charge >= 0.3 is 0 Å². The van der Waals surface area contributed by atoms with Crippen LogP contribution in [0.2, 0.25) is 5.02 Å². The quantitative estimate of drug-likeness (QED) is 0.902. The van der Waals surface area contributed by atoms with Gasteiger partial charge in [0.05, 0.1) is 6.54 Å². The van der Waals surface area contributed by atoms with E-state index in [4.69, 9.17) is 11.6 Å². The summed E-state index contributed by atoms with van der Waals surface area (Å²) >= 11 is 6.15. The fraction of sp³-hybridized carbons (Fsp3) is 0.316. The minimum atomic E-state index is -1.22. The number of aryl methyl sites for hydroxylation is 1. The van der Waals surface area contributed by atoms with Crippen molar-refractivity contribution in [1.29, 1.82) is 0 Å². The molecular weight excluding hydrogens is 310 g/mol. The van der Waals surface area contributed by atoms with Crippen LogP contribution in [0.25, 0.3) is 0 Å². The van der Waals surface area contributed by atoms with Gasteiger partial charge in [0.15, 0.2) is 0 Å². The van der Waals surface area contributed by atoms with Crippen LogP contribution in [0.15, 0.2) is 42.5 Å². The SMILES string of the molecule is CC(O)(CNC(=O)c1cccc2c1CCC2)c1ccccc1Cl. The average Bonchev–Trinajstić information content (AvgIpc) is 3.01. The highest BCUT2D eigenvalue weighted by Gasteiger charge is 2.27. The maximum Gasteiger partial charge on any atom is 0.251 e. The Morgan fingerprint density at radius 1 is 1.22 bits per heavy atom. The molecule has 0 heterocycles. The maximum absolute atomic E-state index is 12.5. The number of carbonyl (C=O) groups is 1. The Bertz CT molecular complexity index is 740. The Hall–Kier alpha value is -1.84. The van der Waals surface area contributed by atoms with E-state index in [0.717, 1.165) is 30.4 Å². The van der Waals surface area contributed by atoms with E-state index in [1.54, 1.807) is 19.1 Å². The summed E-state index contributed by atoms with van der Waals surface area (Å²) < 4.78 is 0. The summed E-state index contributed by atoms with van der Waals surface area (Å²) in [5, 5.41) is 14.0. The van der Waals surface area contributed by atoms with Crippen molar-refractivity contribution < 1.29 is 9.90 Å². The van der Waals surface area contributed by atoms with Crippen LogP contribution in [-0.4, -0.2) is 17.6 Å². The van der Waals surface area contributed by atoms with Gasteiger partial charge in [-0.3, -0.25) is 4.79 Å². The fourth-order valence-electron chi connectivity index (χ4n) is 3.17. The number of halogens is 1. The largest absolute Gasteiger partial charge is 0.384 e. The lowest BCUT2D eigenvalue weighted by Crippen LogP contribution is -2.39.